The number of aliphatic carboxylic acids is 1. The van der Waals surface area contributed by atoms with Gasteiger partial charge in [0.2, 0.25) is 0 Å². The van der Waals surface area contributed by atoms with Crippen molar-refractivity contribution in [1.82, 2.24) is 0 Å². The number of rotatable bonds is 5. The Bertz CT molecular complexity index is 145. The molecule has 0 saturated carbocycles. The van der Waals surface area contributed by atoms with E-state index in [1.807, 2.05) is 6.92 Å². The van der Waals surface area contributed by atoms with Crippen LogP contribution in [-0.4, -0.2) is 21.6 Å². The molecule has 0 aromatic carbocycles. The van der Waals surface area contributed by atoms with E-state index in [2.05, 4.69) is 20.8 Å². The van der Waals surface area contributed by atoms with Gasteiger partial charge in [0.25, 0.3) is 0 Å². The molecule has 3 heteroatoms. The van der Waals surface area contributed by atoms with Crippen molar-refractivity contribution in [2.45, 2.75) is 44.6 Å². The summed E-state index contributed by atoms with van der Waals surface area (Å²) in [7, 11) is 0. The van der Waals surface area contributed by atoms with Gasteiger partial charge in [-0.15, -0.1) is 0 Å². The van der Waals surface area contributed by atoms with Crippen molar-refractivity contribution < 1.29 is 9.90 Å². The van der Waals surface area contributed by atoms with Crippen molar-refractivity contribution in [2.24, 2.45) is 5.92 Å². The molecule has 0 fully saturated rings. The molecule has 0 radical (unpaired) electrons. The van der Waals surface area contributed by atoms with Gasteiger partial charge in [0.15, 0.2) is 0 Å². The Morgan fingerprint density at radius 3 is 2.17 bits per heavy atom. The quantitative estimate of drug-likeness (QED) is 0.724. The summed E-state index contributed by atoms with van der Waals surface area (Å²) in [6.45, 7) is 8.43. The maximum Gasteiger partial charge on any atom is 0.304 e. The number of hydrogen-bond acceptors (Lipinski definition) is 2. The molecule has 0 aliphatic carbocycles. The normalized spacial score (nSPS) is 16.1. The maximum absolute atomic E-state index is 10.3. The fourth-order valence-electron chi connectivity index (χ4n) is 0.818. The Morgan fingerprint density at radius 2 is 1.83 bits per heavy atom. The van der Waals surface area contributed by atoms with Crippen molar-refractivity contribution in [2.75, 3.05) is 0 Å². The van der Waals surface area contributed by atoms with Crippen LogP contribution in [0, 0.1) is 5.92 Å². The van der Waals surface area contributed by atoms with Crippen LogP contribution in [0.3, 0.4) is 0 Å². The van der Waals surface area contributed by atoms with Crippen LogP contribution in [0.15, 0.2) is 0 Å². The van der Waals surface area contributed by atoms with Crippen LogP contribution in [0.25, 0.3) is 0 Å². The average Bonchev–Trinajstić information content (AvgIpc) is 1.84. The van der Waals surface area contributed by atoms with Crippen LogP contribution in [0.5, 0.6) is 0 Å². The predicted octanol–water partition coefficient (Wildman–Crippen LogP) is 2.63. The Balaban J connectivity index is 3.68. The highest BCUT2D eigenvalue weighted by atomic mass is 32.2. The van der Waals surface area contributed by atoms with Gasteiger partial charge in [-0.1, -0.05) is 27.7 Å². The highest BCUT2D eigenvalue weighted by molar-refractivity contribution is 8.00. The van der Waals surface area contributed by atoms with Crippen LogP contribution >= 0.6 is 11.8 Å². The molecule has 0 bridgehead atoms. The molecule has 0 saturated heterocycles. The number of carboxylic acid groups (broad SMARTS) is 1. The SMILES string of the molecule is CC(CC(=O)O)SC(C)C(C)C. The second kappa shape index (κ2) is 5.46. The molecule has 12 heavy (non-hydrogen) atoms. The van der Waals surface area contributed by atoms with E-state index < -0.39 is 5.97 Å². The summed E-state index contributed by atoms with van der Waals surface area (Å²) in [5.41, 5.74) is 0. The maximum atomic E-state index is 10.3. The zero-order valence-electron chi connectivity index (χ0n) is 8.20. The van der Waals surface area contributed by atoms with Crippen LogP contribution in [0.4, 0.5) is 0 Å². The van der Waals surface area contributed by atoms with Gasteiger partial charge < -0.3 is 5.11 Å². The standard InChI is InChI=1S/C9H18O2S/c1-6(2)8(4)12-7(3)5-9(10)11/h6-8H,5H2,1-4H3,(H,10,11). The van der Waals surface area contributed by atoms with Crippen molar-refractivity contribution >= 4 is 17.7 Å². The average molecular weight is 190 g/mol. The third kappa shape index (κ3) is 5.47. The van der Waals surface area contributed by atoms with Crippen molar-refractivity contribution in [3.05, 3.63) is 0 Å². The molecular weight excluding hydrogens is 172 g/mol. The first-order valence-corrected chi connectivity index (χ1v) is 5.25. The first-order valence-electron chi connectivity index (χ1n) is 4.30. The van der Waals surface area contributed by atoms with Crippen LogP contribution in [0.2, 0.25) is 0 Å². The molecule has 2 nitrogen and oxygen atoms in total. The molecule has 0 aliphatic rings. The molecule has 2 unspecified atom stereocenters. The van der Waals surface area contributed by atoms with E-state index in [4.69, 9.17) is 5.11 Å². The first-order chi connectivity index (χ1) is 5.43. The van der Waals surface area contributed by atoms with Gasteiger partial charge in [-0.05, 0) is 5.92 Å². The molecule has 1 N–H and O–H groups in total. The fourth-order valence-corrected chi connectivity index (χ4v) is 2.10. The minimum absolute atomic E-state index is 0.222. The monoisotopic (exact) mass is 190 g/mol. The van der Waals surface area contributed by atoms with Gasteiger partial charge in [-0.25, -0.2) is 0 Å². The van der Waals surface area contributed by atoms with Gasteiger partial charge in [0.05, 0.1) is 6.42 Å². The highest BCUT2D eigenvalue weighted by Crippen LogP contribution is 2.25. The Labute approximate surface area is 78.7 Å². The van der Waals surface area contributed by atoms with E-state index in [9.17, 15) is 4.79 Å². The smallest absolute Gasteiger partial charge is 0.304 e. The Hall–Kier alpha value is -0.180. The molecule has 2 atom stereocenters. The predicted molar refractivity (Wildman–Crippen MR) is 53.6 cm³/mol. The molecule has 0 heterocycles. The van der Waals surface area contributed by atoms with E-state index in [1.54, 1.807) is 11.8 Å². The number of thioether (sulfide) groups is 1. The van der Waals surface area contributed by atoms with Gasteiger partial charge in [0.1, 0.15) is 0 Å². The van der Waals surface area contributed by atoms with Crippen molar-refractivity contribution in [1.29, 1.82) is 0 Å². The Kier molecular flexibility index (Phi) is 5.38. The second-order valence-corrected chi connectivity index (χ2v) is 5.31. The van der Waals surface area contributed by atoms with Gasteiger partial charge in [-0.3, -0.25) is 4.79 Å². The third-order valence-corrected chi connectivity index (χ3v) is 3.45. The van der Waals surface area contributed by atoms with Gasteiger partial charge >= 0.3 is 5.97 Å². The van der Waals surface area contributed by atoms with Crippen LogP contribution in [0.1, 0.15) is 34.1 Å². The number of hydrogen-bond donors (Lipinski definition) is 1. The number of carboxylic acids is 1. The molecule has 0 rings (SSSR count). The van der Waals surface area contributed by atoms with Gasteiger partial charge in [0, 0.05) is 10.5 Å². The third-order valence-electron chi connectivity index (χ3n) is 1.85. The molecule has 0 aromatic rings. The minimum atomic E-state index is -0.703. The van der Waals surface area contributed by atoms with E-state index in [0.29, 0.717) is 11.2 Å². The van der Waals surface area contributed by atoms with Crippen LogP contribution < -0.4 is 0 Å². The van der Waals surface area contributed by atoms with Gasteiger partial charge in [-0.2, -0.15) is 11.8 Å². The van der Waals surface area contributed by atoms with Crippen LogP contribution in [-0.2, 0) is 4.79 Å². The Morgan fingerprint density at radius 1 is 1.33 bits per heavy atom. The van der Waals surface area contributed by atoms with E-state index in [1.165, 1.54) is 0 Å². The minimum Gasteiger partial charge on any atom is -0.481 e. The lowest BCUT2D eigenvalue weighted by Gasteiger charge is -2.18. The first kappa shape index (κ1) is 11.8. The number of carbonyl (C=O) groups is 1. The summed E-state index contributed by atoms with van der Waals surface area (Å²) in [5.74, 6) is -0.0859. The molecule has 72 valence electrons. The highest BCUT2D eigenvalue weighted by Gasteiger charge is 2.14. The van der Waals surface area contributed by atoms with Crippen molar-refractivity contribution in [3.63, 3.8) is 0 Å². The lowest BCUT2D eigenvalue weighted by Crippen LogP contribution is -2.13. The summed E-state index contributed by atoms with van der Waals surface area (Å²) >= 11 is 1.76. The lowest BCUT2D eigenvalue weighted by molar-refractivity contribution is -0.136. The largest absolute Gasteiger partial charge is 0.481 e. The fraction of sp³-hybridized carbons (Fsp3) is 0.889. The molecular formula is C9H18O2S. The van der Waals surface area contributed by atoms with E-state index in [-0.39, 0.29) is 11.7 Å². The lowest BCUT2D eigenvalue weighted by atomic mass is 10.2. The summed E-state index contributed by atoms with van der Waals surface area (Å²) < 4.78 is 0. The van der Waals surface area contributed by atoms with E-state index in [0.717, 1.165) is 0 Å². The summed E-state index contributed by atoms with van der Waals surface area (Å²) in [5, 5.41) is 9.29. The topological polar surface area (TPSA) is 37.3 Å². The molecule has 0 amide bonds. The zero-order valence-corrected chi connectivity index (χ0v) is 9.02. The molecule has 0 aromatic heterocycles. The second-order valence-electron chi connectivity index (χ2n) is 3.49. The van der Waals surface area contributed by atoms with Crippen molar-refractivity contribution in [3.8, 4) is 0 Å². The van der Waals surface area contributed by atoms with E-state index >= 15 is 0 Å². The summed E-state index contributed by atoms with van der Waals surface area (Å²) in [6.07, 6.45) is 0.266. The summed E-state index contributed by atoms with van der Waals surface area (Å²) in [4.78, 5) is 10.3. The zero-order chi connectivity index (χ0) is 9.72. The molecule has 0 spiro atoms. The summed E-state index contributed by atoms with van der Waals surface area (Å²) in [6, 6.07) is 0. The molecule has 0 aliphatic heterocycles.